The average Bonchev–Trinajstić information content (AvgIpc) is 2.30. The summed E-state index contributed by atoms with van der Waals surface area (Å²) in [6, 6.07) is 9.37. The van der Waals surface area contributed by atoms with Crippen LogP contribution in [-0.2, 0) is 0 Å². The molecule has 0 heterocycles. The van der Waals surface area contributed by atoms with Gasteiger partial charge in [-0.3, -0.25) is 0 Å². The lowest BCUT2D eigenvalue weighted by Crippen LogP contribution is -2.37. The molecule has 1 aromatic carbocycles. The highest BCUT2D eigenvalue weighted by Crippen LogP contribution is 2.45. The summed E-state index contributed by atoms with van der Waals surface area (Å²) in [5.41, 5.74) is 1.75. The van der Waals surface area contributed by atoms with Gasteiger partial charge in [-0.1, -0.05) is 64.5 Å². The first-order chi connectivity index (χ1) is 7.92. The van der Waals surface area contributed by atoms with Crippen LogP contribution < -0.4 is 0 Å². The van der Waals surface area contributed by atoms with Gasteiger partial charge in [0, 0.05) is 0 Å². The van der Waals surface area contributed by atoms with Gasteiger partial charge in [0.15, 0.2) is 0 Å². The van der Waals surface area contributed by atoms with Gasteiger partial charge in [-0.2, -0.15) is 13.2 Å². The topological polar surface area (TPSA) is 0 Å². The molecule has 0 radical (unpaired) electrons. The molecule has 4 heteroatoms. The zero-order valence-electron chi connectivity index (χ0n) is 8.84. The first kappa shape index (κ1) is 12.4. The van der Waals surface area contributed by atoms with E-state index in [1.165, 1.54) is 12.2 Å². The maximum atomic E-state index is 12.7. The number of rotatable bonds is 1. The van der Waals surface area contributed by atoms with Crippen LogP contribution >= 0.6 is 15.9 Å². The normalized spacial score (nSPS) is 24.6. The Morgan fingerprint density at radius 3 is 2.24 bits per heavy atom. The van der Waals surface area contributed by atoms with E-state index in [9.17, 15) is 13.2 Å². The number of benzene rings is 1. The van der Waals surface area contributed by atoms with E-state index in [1.54, 1.807) is 6.08 Å². The molecular formula is C13H10BrF3. The van der Waals surface area contributed by atoms with Gasteiger partial charge in [-0.15, -0.1) is 0 Å². The zero-order chi connectivity index (χ0) is 12.5. The molecule has 0 spiro atoms. The minimum atomic E-state index is -4.28. The van der Waals surface area contributed by atoms with Gasteiger partial charge in [0.25, 0.3) is 0 Å². The van der Waals surface area contributed by atoms with Crippen molar-refractivity contribution in [1.82, 2.24) is 0 Å². The van der Waals surface area contributed by atoms with Gasteiger partial charge in [-0.05, 0) is 17.6 Å². The molecule has 0 amide bonds. The van der Waals surface area contributed by atoms with Crippen LogP contribution in [0.4, 0.5) is 13.2 Å². The zero-order valence-corrected chi connectivity index (χ0v) is 10.4. The minimum Gasteiger partial charge on any atom is -0.169 e. The van der Waals surface area contributed by atoms with Crippen molar-refractivity contribution in [2.45, 2.75) is 16.9 Å². The van der Waals surface area contributed by atoms with Gasteiger partial charge < -0.3 is 0 Å². The van der Waals surface area contributed by atoms with Crippen LogP contribution in [-0.4, -0.2) is 10.5 Å². The Kier molecular flexibility index (Phi) is 3.17. The van der Waals surface area contributed by atoms with Gasteiger partial charge in [0.1, 0.15) is 4.32 Å². The molecule has 17 heavy (non-hydrogen) atoms. The van der Waals surface area contributed by atoms with E-state index in [0.29, 0.717) is 0 Å². The molecule has 0 aliphatic heterocycles. The summed E-state index contributed by atoms with van der Waals surface area (Å²) < 4.78 is 36.3. The Hall–Kier alpha value is -1.03. The first-order valence-corrected chi connectivity index (χ1v) is 5.92. The van der Waals surface area contributed by atoms with Crippen LogP contribution in [0.1, 0.15) is 12.0 Å². The smallest absolute Gasteiger partial charge is 0.169 e. The molecule has 0 N–H and O–H groups in total. The number of allylic oxidation sites excluding steroid dienone is 4. The highest BCUT2D eigenvalue weighted by atomic mass is 79.9. The summed E-state index contributed by atoms with van der Waals surface area (Å²) in [4.78, 5) is 0. The van der Waals surface area contributed by atoms with Crippen LogP contribution in [0, 0.1) is 0 Å². The lowest BCUT2D eigenvalue weighted by Gasteiger charge is -2.28. The van der Waals surface area contributed by atoms with E-state index in [1.807, 2.05) is 30.3 Å². The second-order valence-corrected chi connectivity index (χ2v) is 5.34. The molecule has 1 aliphatic rings. The van der Waals surface area contributed by atoms with Crippen molar-refractivity contribution in [3.63, 3.8) is 0 Å². The third kappa shape index (κ3) is 2.46. The van der Waals surface area contributed by atoms with Gasteiger partial charge in [-0.25, -0.2) is 0 Å². The summed E-state index contributed by atoms with van der Waals surface area (Å²) in [7, 11) is 0. The van der Waals surface area contributed by atoms with E-state index in [0.717, 1.165) is 11.1 Å². The van der Waals surface area contributed by atoms with Crippen molar-refractivity contribution in [2.24, 2.45) is 0 Å². The highest BCUT2D eigenvalue weighted by molar-refractivity contribution is 9.10. The number of hydrogen-bond acceptors (Lipinski definition) is 0. The van der Waals surface area contributed by atoms with Crippen LogP contribution in [0.25, 0.3) is 5.57 Å². The molecule has 1 atom stereocenters. The third-order valence-corrected chi connectivity index (χ3v) is 3.76. The lowest BCUT2D eigenvalue weighted by molar-refractivity contribution is -0.145. The van der Waals surface area contributed by atoms with Crippen molar-refractivity contribution in [3.8, 4) is 0 Å². The van der Waals surface area contributed by atoms with Crippen molar-refractivity contribution in [1.29, 1.82) is 0 Å². The molecule has 1 aliphatic carbocycles. The number of alkyl halides is 4. The molecule has 0 saturated heterocycles. The summed E-state index contributed by atoms with van der Waals surface area (Å²) in [6.07, 6.45) is -0.0621. The standard InChI is InChI=1S/C13H10BrF3/c14-12(13(15,16)17)8-6-11(7-9-12)10-4-2-1-3-5-10/h1-8H,9H2. The van der Waals surface area contributed by atoms with E-state index in [-0.39, 0.29) is 6.42 Å². The van der Waals surface area contributed by atoms with Crippen LogP contribution in [0.3, 0.4) is 0 Å². The molecule has 0 fully saturated rings. The largest absolute Gasteiger partial charge is 0.407 e. The van der Waals surface area contributed by atoms with Crippen molar-refractivity contribution >= 4 is 21.5 Å². The number of hydrogen-bond donors (Lipinski definition) is 0. The maximum Gasteiger partial charge on any atom is 0.407 e. The fourth-order valence-electron chi connectivity index (χ4n) is 1.67. The molecule has 1 aromatic rings. The predicted octanol–water partition coefficient (Wildman–Crippen LogP) is 4.73. The highest BCUT2D eigenvalue weighted by Gasteiger charge is 2.51. The molecule has 1 unspecified atom stereocenters. The maximum absolute atomic E-state index is 12.7. The quantitative estimate of drug-likeness (QED) is 0.658. The summed E-state index contributed by atoms with van der Waals surface area (Å²) >= 11 is 2.76. The Bertz CT molecular complexity index is 459. The second-order valence-electron chi connectivity index (χ2n) is 3.92. The van der Waals surface area contributed by atoms with Crippen molar-refractivity contribution in [3.05, 3.63) is 54.1 Å². The van der Waals surface area contributed by atoms with Gasteiger partial charge in [0.05, 0.1) is 0 Å². The first-order valence-electron chi connectivity index (χ1n) is 5.13. The fourth-order valence-corrected chi connectivity index (χ4v) is 1.97. The molecule has 90 valence electrons. The molecule has 0 bridgehead atoms. The fraction of sp³-hybridized carbons (Fsp3) is 0.231. The summed E-state index contributed by atoms with van der Waals surface area (Å²) in [6.45, 7) is 0. The molecule has 0 nitrogen and oxygen atoms in total. The van der Waals surface area contributed by atoms with Gasteiger partial charge >= 0.3 is 6.18 Å². The third-order valence-electron chi connectivity index (χ3n) is 2.72. The lowest BCUT2D eigenvalue weighted by atomic mass is 9.92. The number of halogens is 4. The molecule has 0 saturated carbocycles. The average molecular weight is 303 g/mol. The Morgan fingerprint density at radius 2 is 1.76 bits per heavy atom. The monoisotopic (exact) mass is 302 g/mol. The summed E-state index contributed by atoms with van der Waals surface area (Å²) in [5.74, 6) is 0. The van der Waals surface area contributed by atoms with E-state index in [2.05, 4.69) is 15.9 Å². The van der Waals surface area contributed by atoms with Crippen molar-refractivity contribution in [2.75, 3.05) is 0 Å². The minimum absolute atomic E-state index is 0.0861. The van der Waals surface area contributed by atoms with Gasteiger partial charge in [0.2, 0.25) is 0 Å². The Morgan fingerprint density at radius 1 is 1.12 bits per heavy atom. The van der Waals surface area contributed by atoms with E-state index >= 15 is 0 Å². The Labute approximate surface area is 106 Å². The van der Waals surface area contributed by atoms with Crippen molar-refractivity contribution < 1.29 is 13.2 Å². The molecular weight excluding hydrogens is 293 g/mol. The SMILES string of the molecule is FC(F)(F)C1(Br)C=CC(c2ccccc2)=CC1. The Balaban J connectivity index is 2.23. The molecule has 2 rings (SSSR count). The van der Waals surface area contributed by atoms with E-state index < -0.39 is 10.5 Å². The van der Waals surface area contributed by atoms with Crippen LogP contribution in [0.5, 0.6) is 0 Å². The van der Waals surface area contributed by atoms with E-state index in [4.69, 9.17) is 0 Å². The van der Waals surface area contributed by atoms with Crippen LogP contribution in [0.15, 0.2) is 48.6 Å². The predicted molar refractivity (Wildman–Crippen MR) is 65.9 cm³/mol. The second kappa shape index (κ2) is 4.33. The summed E-state index contributed by atoms with van der Waals surface area (Å²) in [5, 5.41) is 0. The van der Waals surface area contributed by atoms with Crippen LogP contribution in [0.2, 0.25) is 0 Å². The molecule has 0 aromatic heterocycles.